The Labute approximate surface area is 180 Å². The Morgan fingerprint density at radius 3 is 2.60 bits per heavy atom. The quantitative estimate of drug-likeness (QED) is 0.546. The highest BCUT2D eigenvalue weighted by atomic mass is 32.1. The van der Waals surface area contributed by atoms with Crippen molar-refractivity contribution in [1.29, 1.82) is 0 Å². The van der Waals surface area contributed by atoms with Gasteiger partial charge in [0, 0.05) is 16.9 Å². The number of benzene rings is 1. The van der Waals surface area contributed by atoms with Gasteiger partial charge >= 0.3 is 5.97 Å². The summed E-state index contributed by atoms with van der Waals surface area (Å²) >= 11 is 6.32. The molecule has 1 aromatic heterocycles. The van der Waals surface area contributed by atoms with Crippen molar-refractivity contribution in [2.75, 3.05) is 13.2 Å². The van der Waals surface area contributed by atoms with Crippen LogP contribution in [0.3, 0.4) is 0 Å². The molecule has 2 aliphatic heterocycles. The monoisotopic (exact) mass is 446 g/mol. The van der Waals surface area contributed by atoms with Crippen molar-refractivity contribution in [1.82, 2.24) is 4.57 Å². The molecule has 3 heterocycles. The van der Waals surface area contributed by atoms with Crippen LogP contribution in [-0.2, 0) is 9.59 Å². The van der Waals surface area contributed by atoms with E-state index >= 15 is 0 Å². The van der Waals surface area contributed by atoms with Crippen molar-refractivity contribution in [3.8, 4) is 17.4 Å². The molecule has 8 nitrogen and oxygen atoms in total. The maximum Gasteiger partial charge on any atom is 0.327 e. The molecule has 1 unspecified atom stereocenters. The molecule has 2 aromatic rings. The molecule has 0 aliphatic carbocycles. The number of hydrogen-bond acceptors (Lipinski definition) is 7. The van der Waals surface area contributed by atoms with E-state index in [2.05, 4.69) is 4.99 Å². The number of carbonyl (C=O) groups is 2. The van der Waals surface area contributed by atoms with Gasteiger partial charge in [-0.05, 0) is 36.4 Å². The van der Waals surface area contributed by atoms with Gasteiger partial charge in [0.25, 0.3) is 5.91 Å². The van der Waals surface area contributed by atoms with Crippen LogP contribution in [0.4, 0.5) is 0 Å². The molecule has 0 bridgehead atoms. The molecule has 2 aliphatic rings. The first kappa shape index (κ1) is 20.3. The van der Waals surface area contributed by atoms with Crippen LogP contribution in [0, 0.1) is 9.87 Å². The van der Waals surface area contributed by atoms with Crippen molar-refractivity contribution in [2.24, 2.45) is 10.9 Å². The van der Waals surface area contributed by atoms with Crippen LogP contribution < -0.4 is 20.0 Å². The van der Waals surface area contributed by atoms with E-state index in [9.17, 15) is 19.8 Å². The van der Waals surface area contributed by atoms with Crippen LogP contribution in [0.2, 0.25) is 0 Å². The number of rotatable bonds is 4. The second-order valence-corrected chi connectivity index (χ2v) is 8.84. The number of hydrogen-bond donors (Lipinski definition) is 2. The molecule has 0 spiro atoms. The molecule has 2 N–H and O–H groups in total. The maximum atomic E-state index is 12.5. The Kier molecular flexibility index (Phi) is 5.20. The fourth-order valence-corrected chi connectivity index (χ4v) is 4.71. The second kappa shape index (κ2) is 7.69. The van der Waals surface area contributed by atoms with Gasteiger partial charge in [0.05, 0.1) is 10.2 Å². The van der Waals surface area contributed by atoms with Gasteiger partial charge in [0.15, 0.2) is 15.5 Å². The van der Waals surface area contributed by atoms with Crippen molar-refractivity contribution < 1.29 is 29.3 Å². The average Bonchev–Trinajstić information content (AvgIpc) is 2.94. The summed E-state index contributed by atoms with van der Waals surface area (Å²) in [7, 11) is 0. The van der Waals surface area contributed by atoms with Crippen molar-refractivity contribution in [2.45, 2.75) is 19.9 Å². The number of carboxylic acids is 1. The number of carbonyl (C=O) groups excluding carboxylic acids is 1. The molecule has 1 aromatic carbocycles. The topological polar surface area (TPSA) is 110 Å². The van der Waals surface area contributed by atoms with Gasteiger partial charge in [-0.3, -0.25) is 9.36 Å². The number of aliphatic carboxylic acids is 1. The Morgan fingerprint density at radius 1 is 1.30 bits per heavy atom. The lowest BCUT2D eigenvalue weighted by atomic mass is 10.0. The Balaban J connectivity index is 1.81. The predicted molar refractivity (Wildman–Crippen MR) is 112 cm³/mol. The highest BCUT2D eigenvalue weighted by Crippen LogP contribution is 2.34. The standard InChI is InChI=1S/C20H18N2O6S2/c1-9(2)16(19(25)26)22-18(24)15(30-20(22)29)7-11-5-10-6-13-14(28-4-3-27-13)8-12(10)21-17(11)23/h5-9,16,24H,3-4H2,1-2H3,(H,25,26)/b11-7-. The van der Waals surface area contributed by atoms with Crippen molar-refractivity contribution in [3.63, 3.8) is 0 Å². The SMILES string of the molecule is CC(C)C(C(=O)O)n1c(O)c(/C=C2/C=c3cc4c(cc3=NC2=O)OCCO4)sc1=S. The minimum absolute atomic E-state index is 0.209. The van der Waals surface area contributed by atoms with Gasteiger partial charge in [0.1, 0.15) is 19.3 Å². The largest absolute Gasteiger partial charge is 0.493 e. The summed E-state index contributed by atoms with van der Waals surface area (Å²) in [6, 6.07) is 2.40. The second-order valence-electron chi connectivity index (χ2n) is 7.17. The third kappa shape index (κ3) is 3.52. The summed E-state index contributed by atoms with van der Waals surface area (Å²) < 4.78 is 12.5. The smallest absolute Gasteiger partial charge is 0.327 e. The summed E-state index contributed by atoms with van der Waals surface area (Å²) in [5.74, 6) is -1.04. The lowest BCUT2D eigenvalue weighted by molar-refractivity contribution is -0.142. The number of carboxylic acid groups (broad SMARTS) is 1. The highest BCUT2D eigenvalue weighted by Gasteiger charge is 2.28. The Hall–Kier alpha value is -2.98. The van der Waals surface area contributed by atoms with E-state index in [1.54, 1.807) is 32.1 Å². The molecule has 0 saturated heterocycles. The van der Waals surface area contributed by atoms with Gasteiger partial charge in [-0.15, -0.1) is 11.3 Å². The molecular weight excluding hydrogens is 428 g/mol. The molecule has 4 rings (SSSR count). The third-order valence-corrected chi connectivity index (χ3v) is 6.10. The summed E-state index contributed by atoms with van der Waals surface area (Å²) in [5, 5.41) is 21.3. The van der Waals surface area contributed by atoms with Gasteiger partial charge in [-0.1, -0.05) is 13.8 Å². The van der Waals surface area contributed by atoms with Crippen LogP contribution in [0.5, 0.6) is 17.4 Å². The number of aromatic hydroxyl groups is 1. The number of fused-ring (bicyclic) bond motifs is 2. The average molecular weight is 447 g/mol. The van der Waals surface area contributed by atoms with Crippen molar-refractivity contribution in [3.05, 3.63) is 37.1 Å². The molecule has 0 radical (unpaired) electrons. The highest BCUT2D eigenvalue weighted by molar-refractivity contribution is 7.73. The van der Waals surface area contributed by atoms with E-state index in [0.717, 1.165) is 11.3 Å². The number of aromatic nitrogens is 1. The zero-order chi connectivity index (χ0) is 21.6. The van der Waals surface area contributed by atoms with E-state index in [-0.39, 0.29) is 21.3 Å². The lowest BCUT2D eigenvalue weighted by Crippen LogP contribution is -2.32. The van der Waals surface area contributed by atoms with Crippen molar-refractivity contribution >= 4 is 47.6 Å². The fraction of sp³-hybridized carbons (Fsp3) is 0.300. The minimum Gasteiger partial charge on any atom is -0.493 e. The van der Waals surface area contributed by atoms with Gasteiger partial charge < -0.3 is 19.7 Å². The van der Waals surface area contributed by atoms with E-state index < -0.39 is 17.9 Å². The van der Waals surface area contributed by atoms with E-state index in [4.69, 9.17) is 21.7 Å². The fourth-order valence-electron chi connectivity index (χ4n) is 3.38. The maximum absolute atomic E-state index is 12.5. The van der Waals surface area contributed by atoms with Gasteiger partial charge in [-0.25, -0.2) is 9.79 Å². The van der Waals surface area contributed by atoms with Gasteiger partial charge in [0.2, 0.25) is 5.88 Å². The third-order valence-electron chi connectivity index (χ3n) is 4.76. The molecule has 1 atom stereocenters. The lowest BCUT2D eigenvalue weighted by Gasteiger charge is -2.18. The predicted octanol–water partition coefficient (Wildman–Crippen LogP) is 2.06. The summed E-state index contributed by atoms with van der Waals surface area (Å²) in [6.07, 6.45) is 3.11. The number of thiazole rings is 1. The molecule has 156 valence electrons. The number of amides is 1. The van der Waals surface area contributed by atoms with Crippen LogP contribution in [0.25, 0.3) is 12.2 Å². The zero-order valence-electron chi connectivity index (χ0n) is 16.1. The van der Waals surface area contributed by atoms with E-state index in [1.165, 1.54) is 10.6 Å². The minimum atomic E-state index is -1.09. The molecule has 30 heavy (non-hydrogen) atoms. The summed E-state index contributed by atoms with van der Waals surface area (Å²) in [5.41, 5.74) is 0.245. The Morgan fingerprint density at radius 2 is 1.97 bits per heavy atom. The summed E-state index contributed by atoms with van der Waals surface area (Å²) in [4.78, 5) is 28.6. The normalized spacial score (nSPS) is 17.3. The van der Waals surface area contributed by atoms with Crippen LogP contribution in [0.15, 0.2) is 22.7 Å². The van der Waals surface area contributed by atoms with Crippen LogP contribution in [0.1, 0.15) is 24.8 Å². The van der Waals surface area contributed by atoms with Crippen LogP contribution >= 0.6 is 23.6 Å². The molecule has 0 saturated carbocycles. The van der Waals surface area contributed by atoms with E-state index in [0.29, 0.717) is 40.2 Å². The summed E-state index contributed by atoms with van der Waals surface area (Å²) in [6.45, 7) is 4.34. The van der Waals surface area contributed by atoms with E-state index in [1.807, 2.05) is 0 Å². The zero-order valence-corrected chi connectivity index (χ0v) is 17.7. The first-order chi connectivity index (χ1) is 14.3. The molecule has 10 heteroatoms. The molecule has 0 fully saturated rings. The number of nitrogens with zero attached hydrogens (tertiary/aromatic N) is 2. The Bertz CT molecular complexity index is 1270. The first-order valence-electron chi connectivity index (χ1n) is 9.19. The van der Waals surface area contributed by atoms with Crippen LogP contribution in [-0.4, -0.2) is 39.9 Å². The number of ether oxygens (including phenoxy) is 2. The first-order valence-corrected chi connectivity index (χ1v) is 10.4. The molecule has 1 amide bonds. The van der Waals surface area contributed by atoms with Gasteiger partial charge in [-0.2, -0.15) is 0 Å². The molecular formula is C20H18N2O6S2.